The second-order valence-corrected chi connectivity index (χ2v) is 7.69. The monoisotopic (exact) mass is 467 g/mol. The molecular formula is C21H29N3O7S. The summed E-state index contributed by atoms with van der Waals surface area (Å²) in [6, 6.07) is 7.75. The van der Waals surface area contributed by atoms with Crippen LogP contribution >= 0.6 is 11.8 Å². The van der Waals surface area contributed by atoms with E-state index in [1.807, 2.05) is 24.3 Å². The Hall–Kier alpha value is -2.89. The molecule has 0 saturated heterocycles. The van der Waals surface area contributed by atoms with Gasteiger partial charge in [0.2, 0.25) is 11.8 Å². The lowest BCUT2D eigenvalue weighted by Gasteiger charge is -2.10. The van der Waals surface area contributed by atoms with E-state index in [-0.39, 0.29) is 0 Å². The van der Waals surface area contributed by atoms with Crippen molar-refractivity contribution in [2.24, 2.45) is 0 Å². The van der Waals surface area contributed by atoms with Crippen molar-refractivity contribution in [2.75, 3.05) is 46.7 Å². The molecule has 0 fully saturated rings. The largest absolute Gasteiger partial charge is 0.494 e. The van der Waals surface area contributed by atoms with Gasteiger partial charge in [-0.05, 0) is 44.8 Å². The first-order valence-electron chi connectivity index (χ1n) is 9.72. The second kappa shape index (κ2) is 15.8. The third-order valence-electron chi connectivity index (χ3n) is 3.61. The van der Waals surface area contributed by atoms with Crippen LogP contribution in [0.3, 0.4) is 0 Å². The molecule has 10 nitrogen and oxygen atoms in total. The summed E-state index contributed by atoms with van der Waals surface area (Å²) in [6.07, 6.45) is 2.12. The van der Waals surface area contributed by atoms with Crippen LogP contribution in [0, 0.1) is 0 Å². The van der Waals surface area contributed by atoms with E-state index in [2.05, 4.69) is 29.2 Å². The SMILES string of the molecule is COCCSCc1nnc(-c2ccc(OCCCN(C)C)cc2)o1.O=C(O)/C=C\C(=O)O. The Bertz CT molecular complexity index is 822. The minimum absolute atomic E-state index is 0.538. The summed E-state index contributed by atoms with van der Waals surface area (Å²) in [7, 11) is 5.81. The lowest BCUT2D eigenvalue weighted by Crippen LogP contribution is -2.15. The molecular weight excluding hydrogens is 438 g/mol. The van der Waals surface area contributed by atoms with Crippen LogP contribution < -0.4 is 4.74 Å². The topological polar surface area (TPSA) is 135 Å². The summed E-state index contributed by atoms with van der Waals surface area (Å²) in [6.45, 7) is 2.45. The van der Waals surface area contributed by atoms with Crippen molar-refractivity contribution in [2.45, 2.75) is 12.2 Å². The second-order valence-electron chi connectivity index (χ2n) is 6.59. The van der Waals surface area contributed by atoms with Gasteiger partial charge in [-0.3, -0.25) is 0 Å². The lowest BCUT2D eigenvalue weighted by atomic mass is 10.2. The Labute approximate surface area is 191 Å². The van der Waals surface area contributed by atoms with Crippen LogP contribution in [0.1, 0.15) is 12.3 Å². The molecule has 0 aliphatic carbocycles. The van der Waals surface area contributed by atoms with Crippen LogP contribution in [-0.4, -0.2) is 84.0 Å². The molecule has 0 unspecified atom stereocenters. The standard InChI is InChI=1S/C17H25N3O3S.C4H4O4/c1-20(2)9-4-10-22-15-7-5-14(6-8-15)17-19-18-16(23-17)13-24-12-11-21-3;5-3(6)1-2-4(7)8/h5-8H,4,9-13H2,1-3H3;1-2H,(H,5,6)(H,7,8)/b;2-1-. The zero-order valence-electron chi connectivity index (χ0n) is 18.4. The lowest BCUT2D eigenvalue weighted by molar-refractivity contribution is -0.134. The van der Waals surface area contributed by atoms with Gasteiger partial charge in [0.05, 0.1) is 19.0 Å². The fourth-order valence-electron chi connectivity index (χ4n) is 2.14. The summed E-state index contributed by atoms with van der Waals surface area (Å²) in [5.41, 5.74) is 0.899. The van der Waals surface area contributed by atoms with Gasteiger partial charge in [-0.2, -0.15) is 0 Å². The number of nitrogens with zero attached hydrogens (tertiary/aromatic N) is 3. The van der Waals surface area contributed by atoms with Crippen molar-refractivity contribution >= 4 is 23.7 Å². The zero-order chi connectivity index (χ0) is 23.8. The van der Waals surface area contributed by atoms with Gasteiger partial charge in [0.1, 0.15) is 5.75 Å². The summed E-state index contributed by atoms with van der Waals surface area (Å²) in [4.78, 5) is 21.3. The normalized spacial score (nSPS) is 10.8. The van der Waals surface area contributed by atoms with Crippen molar-refractivity contribution in [3.05, 3.63) is 42.3 Å². The number of aliphatic carboxylic acids is 2. The molecule has 0 atom stereocenters. The van der Waals surface area contributed by atoms with Crippen LogP contribution in [0.25, 0.3) is 11.5 Å². The van der Waals surface area contributed by atoms with E-state index < -0.39 is 11.9 Å². The van der Waals surface area contributed by atoms with Gasteiger partial charge >= 0.3 is 11.9 Å². The van der Waals surface area contributed by atoms with Gasteiger partial charge in [0.15, 0.2) is 0 Å². The van der Waals surface area contributed by atoms with Gasteiger partial charge in [-0.25, -0.2) is 9.59 Å². The van der Waals surface area contributed by atoms with Crippen molar-refractivity contribution in [1.29, 1.82) is 0 Å². The first-order valence-corrected chi connectivity index (χ1v) is 10.9. The molecule has 1 aromatic heterocycles. The van der Waals surface area contributed by atoms with E-state index in [9.17, 15) is 9.59 Å². The maximum absolute atomic E-state index is 9.55. The summed E-state index contributed by atoms with van der Waals surface area (Å²) in [5.74, 6) is 1.12. The van der Waals surface area contributed by atoms with Crippen LogP contribution in [0.15, 0.2) is 40.8 Å². The number of carboxylic acid groups (broad SMARTS) is 2. The van der Waals surface area contributed by atoms with E-state index in [0.717, 1.165) is 36.6 Å². The predicted octanol–water partition coefficient (Wildman–Crippen LogP) is 2.66. The molecule has 0 amide bonds. The number of hydrogen-bond acceptors (Lipinski definition) is 9. The van der Waals surface area contributed by atoms with Crippen molar-refractivity contribution in [3.8, 4) is 17.2 Å². The predicted molar refractivity (Wildman–Crippen MR) is 121 cm³/mol. The van der Waals surface area contributed by atoms with E-state index in [1.165, 1.54) is 0 Å². The molecule has 0 radical (unpaired) electrons. The van der Waals surface area contributed by atoms with Gasteiger partial charge in [0.25, 0.3) is 0 Å². The Morgan fingerprint density at radius 1 is 1.09 bits per heavy atom. The number of methoxy groups -OCH3 is 1. The number of aromatic nitrogens is 2. The third-order valence-corrected chi connectivity index (χ3v) is 4.52. The average Bonchev–Trinajstić information content (AvgIpc) is 3.22. The molecule has 2 aromatic rings. The molecule has 176 valence electrons. The molecule has 0 saturated carbocycles. The van der Waals surface area contributed by atoms with E-state index >= 15 is 0 Å². The Morgan fingerprint density at radius 3 is 2.31 bits per heavy atom. The molecule has 2 rings (SSSR count). The van der Waals surface area contributed by atoms with E-state index in [1.54, 1.807) is 18.9 Å². The number of thioether (sulfide) groups is 1. The number of rotatable bonds is 13. The van der Waals surface area contributed by atoms with Crippen molar-refractivity contribution in [1.82, 2.24) is 15.1 Å². The van der Waals surface area contributed by atoms with Crippen LogP contribution in [0.5, 0.6) is 5.75 Å². The third kappa shape index (κ3) is 12.7. The first kappa shape index (κ1) is 27.1. The van der Waals surface area contributed by atoms with Crippen LogP contribution in [0.4, 0.5) is 0 Å². The quantitative estimate of drug-likeness (QED) is 0.332. The number of carbonyl (C=O) groups is 2. The molecule has 0 aliphatic rings. The van der Waals surface area contributed by atoms with Crippen LogP contribution in [0.2, 0.25) is 0 Å². The first-order chi connectivity index (χ1) is 15.3. The molecule has 32 heavy (non-hydrogen) atoms. The van der Waals surface area contributed by atoms with Crippen molar-refractivity contribution < 1.29 is 33.7 Å². The Morgan fingerprint density at radius 2 is 1.75 bits per heavy atom. The van der Waals surface area contributed by atoms with E-state index in [4.69, 9.17) is 24.1 Å². The minimum Gasteiger partial charge on any atom is -0.494 e. The fourth-order valence-corrected chi connectivity index (χ4v) is 2.86. The maximum atomic E-state index is 9.55. The highest BCUT2D eigenvalue weighted by atomic mass is 32.2. The molecule has 0 spiro atoms. The van der Waals surface area contributed by atoms with Gasteiger partial charge in [0, 0.05) is 37.1 Å². The number of carboxylic acids is 2. The van der Waals surface area contributed by atoms with Crippen LogP contribution in [-0.2, 0) is 20.1 Å². The highest BCUT2D eigenvalue weighted by Gasteiger charge is 2.09. The van der Waals surface area contributed by atoms with Gasteiger partial charge in [-0.15, -0.1) is 22.0 Å². The average molecular weight is 468 g/mol. The molecule has 1 heterocycles. The smallest absolute Gasteiger partial charge is 0.328 e. The van der Waals surface area contributed by atoms with Gasteiger partial charge in [-0.1, -0.05) is 0 Å². The highest BCUT2D eigenvalue weighted by molar-refractivity contribution is 7.98. The minimum atomic E-state index is -1.26. The molecule has 0 bridgehead atoms. The summed E-state index contributed by atoms with van der Waals surface area (Å²) in [5, 5.41) is 23.8. The zero-order valence-corrected chi connectivity index (χ0v) is 19.2. The summed E-state index contributed by atoms with van der Waals surface area (Å²) >= 11 is 1.71. The summed E-state index contributed by atoms with van der Waals surface area (Å²) < 4.78 is 16.4. The molecule has 11 heteroatoms. The Balaban J connectivity index is 0.000000547. The van der Waals surface area contributed by atoms with E-state index in [0.29, 0.717) is 36.3 Å². The molecule has 2 N–H and O–H groups in total. The highest BCUT2D eigenvalue weighted by Crippen LogP contribution is 2.22. The maximum Gasteiger partial charge on any atom is 0.328 e. The number of ether oxygens (including phenoxy) is 2. The number of benzene rings is 1. The Kier molecular flexibility index (Phi) is 13.4. The van der Waals surface area contributed by atoms with Crippen molar-refractivity contribution in [3.63, 3.8) is 0 Å². The molecule has 1 aromatic carbocycles. The fraction of sp³-hybridized carbons (Fsp3) is 0.429. The van der Waals surface area contributed by atoms with Gasteiger partial charge < -0.3 is 29.0 Å². The molecule has 0 aliphatic heterocycles. The number of hydrogen-bond donors (Lipinski definition) is 2.